The molecule has 0 radical (unpaired) electrons. The lowest BCUT2D eigenvalue weighted by molar-refractivity contribution is 0.276. The highest BCUT2D eigenvalue weighted by atomic mass is 35.5. The molecule has 1 aromatic heterocycles. The minimum atomic E-state index is -0.0739. The first-order chi connectivity index (χ1) is 11.6. The van der Waals surface area contributed by atoms with Crippen molar-refractivity contribution >= 4 is 51.2 Å². The first-order valence-electron chi connectivity index (χ1n) is 7.84. The Morgan fingerprint density at radius 1 is 1.33 bits per heavy atom. The number of carbonyl (C=O) groups excluding carboxylic acids is 1. The second-order valence-electron chi connectivity index (χ2n) is 5.34. The number of hydrogen-bond acceptors (Lipinski definition) is 4. The van der Waals surface area contributed by atoms with Gasteiger partial charge in [-0.3, -0.25) is 4.79 Å². The molecule has 1 aromatic carbocycles. The zero-order chi connectivity index (χ0) is 17.4. The lowest BCUT2D eigenvalue weighted by Crippen LogP contribution is -2.07. The molecule has 1 unspecified atom stereocenters. The van der Waals surface area contributed by atoms with Gasteiger partial charge in [-0.15, -0.1) is 0 Å². The van der Waals surface area contributed by atoms with Crippen LogP contribution in [0.2, 0.25) is 10.0 Å². The quantitative estimate of drug-likeness (QED) is 0.459. The van der Waals surface area contributed by atoms with E-state index in [0.717, 1.165) is 30.6 Å². The zero-order valence-corrected chi connectivity index (χ0v) is 16.6. The number of imidazole rings is 1. The van der Waals surface area contributed by atoms with Crippen molar-refractivity contribution in [1.29, 1.82) is 0 Å². The molecule has 0 bridgehead atoms. The van der Waals surface area contributed by atoms with Gasteiger partial charge < -0.3 is 4.57 Å². The fraction of sp³-hybridized carbons (Fsp3) is 0.412. The van der Waals surface area contributed by atoms with Crippen molar-refractivity contribution < 1.29 is 4.79 Å². The Morgan fingerprint density at radius 2 is 2.17 bits per heavy atom. The van der Waals surface area contributed by atoms with Gasteiger partial charge in [-0.05, 0) is 24.1 Å². The third-order valence-electron chi connectivity index (χ3n) is 3.45. The average Bonchev–Trinajstić information content (AvgIpc) is 3.04. The number of hydrogen-bond donors (Lipinski definition) is 0. The van der Waals surface area contributed by atoms with Gasteiger partial charge in [0.15, 0.2) is 0 Å². The highest BCUT2D eigenvalue weighted by Crippen LogP contribution is 2.39. The summed E-state index contributed by atoms with van der Waals surface area (Å²) in [7, 11) is 0. The molecular weight excluding hydrogens is 383 g/mol. The molecule has 0 saturated heterocycles. The zero-order valence-electron chi connectivity index (χ0n) is 13.5. The van der Waals surface area contributed by atoms with E-state index in [9.17, 15) is 4.79 Å². The Balaban J connectivity index is 2.06. The number of carbonyl (C=O) groups is 1. The van der Waals surface area contributed by atoms with Crippen LogP contribution in [0.4, 0.5) is 4.79 Å². The fourth-order valence-electron chi connectivity index (χ4n) is 2.21. The van der Waals surface area contributed by atoms with Crippen LogP contribution in [0.5, 0.6) is 0 Å². The van der Waals surface area contributed by atoms with Crippen molar-refractivity contribution in [2.75, 3.05) is 5.75 Å². The van der Waals surface area contributed by atoms with E-state index in [4.69, 9.17) is 23.2 Å². The summed E-state index contributed by atoms with van der Waals surface area (Å²) in [6.45, 7) is 2.79. The van der Waals surface area contributed by atoms with Crippen LogP contribution in [0.15, 0.2) is 36.9 Å². The van der Waals surface area contributed by atoms with Gasteiger partial charge in [0.2, 0.25) is 4.45 Å². The third-order valence-corrected chi connectivity index (χ3v) is 6.26. The molecule has 130 valence electrons. The second kappa shape index (κ2) is 10.4. The lowest BCUT2D eigenvalue weighted by Gasteiger charge is -2.18. The maximum absolute atomic E-state index is 12.3. The molecule has 0 amide bonds. The minimum Gasteiger partial charge on any atom is -0.336 e. The van der Waals surface area contributed by atoms with Crippen LogP contribution in [0.3, 0.4) is 0 Å². The molecule has 3 nitrogen and oxygen atoms in total. The smallest absolute Gasteiger partial charge is 0.246 e. The topological polar surface area (TPSA) is 34.9 Å². The molecule has 2 aromatic rings. The molecule has 0 aliphatic heterocycles. The molecule has 1 heterocycles. The predicted molar refractivity (Wildman–Crippen MR) is 106 cm³/mol. The van der Waals surface area contributed by atoms with Crippen LogP contribution in [-0.2, 0) is 6.54 Å². The van der Waals surface area contributed by atoms with Gasteiger partial charge in [-0.1, -0.05) is 72.6 Å². The molecular formula is C17H20Cl2N2OS2. The number of thioether (sulfide) groups is 2. The maximum atomic E-state index is 12.3. The monoisotopic (exact) mass is 402 g/mol. The molecule has 0 aliphatic carbocycles. The van der Waals surface area contributed by atoms with Gasteiger partial charge in [0, 0.05) is 34.7 Å². The van der Waals surface area contributed by atoms with Gasteiger partial charge in [-0.25, -0.2) is 4.98 Å². The van der Waals surface area contributed by atoms with E-state index in [2.05, 4.69) is 11.9 Å². The van der Waals surface area contributed by atoms with Crippen molar-refractivity contribution in [3.8, 4) is 0 Å². The van der Waals surface area contributed by atoms with E-state index in [1.165, 1.54) is 23.5 Å². The second-order valence-corrected chi connectivity index (χ2v) is 8.68. The Hall–Kier alpha value is -0.620. The number of benzene rings is 1. The van der Waals surface area contributed by atoms with Gasteiger partial charge in [0.1, 0.15) is 0 Å². The van der Waals surface area contributed by atoms with Gasteiger partial charge in [0.25, 0.3) is 0 Å². The molecule has 0 spiro atoms. The van der Waals surface area contributed by atoms with Crippen LogP contribution in [-0.4, -0.2) is 19.8 Å². The molecule has 24 heavy (non-hydrogen) atoms. The van der Waals surface area contributed by atoms with Crippen LogP contribution in [0.25, 0.3) is 0 Å². The largest absolute Gasteiger partial charge is 0.336 e. The van der Waals surface area contributed by atoms with E-state index < -0.39 is 0 Å². The normalized spacial score (nSPS) is 12.3. The molecule has 0 saturated carbocycles. The minimum absolute atomic E-state index is 0.0739. The molecule has 2 rings (SSSR count). The lowest BCUT2D eigenvalue weighted by atomic mass is 10.1. The molecule has 0 aliphatic rings. The van der Waals surface area contributed by atoms with Crippen LogP contribution in [0.1, 0.15) is 37.0 Å². The summed E-state index contributed by atoms with van der Waals surface area (Å²) in [6.07, 6.45) is 8.75. The van der Waals surface area contributed by atoms with Crippen LogP contribution < -0.4 is 0 Å². The van der Waals surface area contributed by atoms with Crippen LogP contribution >= 0.6 is 46.7 Å². The third kappa shape index (κ3) is 6.36. The summed E-state index contributed by atoms with van der Waals surface area (Å²) in [6, 6.07) is 5.43. The van der Waals surface area contributed by atoms with E-state index in [0.29, 0.717) is 16.6 Å². The molecule has 1 atom stereocenters. The summed E-state index contributed by atoms with van der Waals surface area (Å²) in [5.41, 5.74) is 0.919. The van der Waals surface area contributed by atoms with Gasteiger partial charge in [0.05, 0.1) is 11.6 Å². The van der Waals surface area contributed by atoms with E-state index in [-0.39, 0.29) is 9.70 Å². The van der Waals surface area contributed by atoms with Crippen molar-refractivity contribution in [2.45, 2.75) is 38.0 Å². The fourth-order valence-corrected chi connectivity index (χ4v) is 5.01. The van der Waals surface area contributed by atoms with E-state index >= 15 is 0 Å². The summed E-state index contributed by atoms with van der Waals surface area (Å²) >= 11 is 15.1. The Labute approximate surface area is 161 Å². The summed E-state index contributed by atoms with van der Waals surface area (Å²) in [5, 5.41) is 1.11. The average molecular weight is 403 g/mol. The van der Waals surface area contributed by atoms with Crippen LogP contribution in [0, 0.1) is 0 Å². The SMILES string of the molecule is CCCCCSC(=O)SC(Cn1ccnc1)c1ccc(Cl)cc1Cl. The van der Waals surface area contributed by atoms with Gasteiger partial charge in [-0.2, -0.15) is 0 Å². The Kier molecular flexibility index (Phi) is 8.53. The Bertz CT molecular complexity index is 650. The number of unbranched alkanes of at least 4 members (excludes halogenated alkanes) is 2. The predicted octanol–water partition coefficient (Wildman–Crippen LogP) is 6.71. The molecule has 7 heteroatoms. The number of aromatic nitrogens is 2. The highest BCUT2D eigenvalue weighted by Gasteiger charge is 2.20. The molecule has 0 N–H and O–H groups in total. The number of nitrogens with zero attached hydrogens (tertiary/aromatic N) is 2. The molecule has 0 fully saturated rings. The van der Waals surface area contributed by atoms with Gasteiger partial charge >= 0.3 is 0 Å². The summed E-state index contributed by atoms with van der Waals surface area (Å²) in [4.78, 5) is 16.4. The standard InChI is InChI=1S/C17H20Cl2N2OS2/c1-2-3-4-9-23-17(22)24-16(11-21-8-7-20-12-21)14-6-5-13(18)10-15(14)19/h5-8,10,12,16H,2-4,9,11H2,1H3. The van der Waals surface area contributed by atoms with Crippen molar-refractivity contribution in [3.05, 3.63) is 52.5 Å². The first-order valence-corrected chi connectivity index (χ1v) is 10.5. The number of halogens is 2. The summed E-state index contributed by atoms with van der Waals surface area (Å²) < 4.78 is 2.08. The summed E-state index contributed by atoms with van der Waals surface area (Å²) in [5.74, 6) is 0.867. The van der Waals surface area contributed by atoms with Crippen molar-refractivity contribution in [3.63, 3.8) is 0 Å². The number of rotatable bonds is 8. The van der Waals surface area contributed by atoms with Crippen molar-refractivity contribution in [2.24, 2.45) is 0 Å². The van der Waals surface area contributed by atoms with Crippen molar-refractivity contribution in [1.82, 2.24) is 9.55 Å². The maximum Gasteiger partial charge on any atom is 0.246 e. The first kappa shape index (κ1) is 19.7. The van der Waals surface area contributed by atoms with E-state index in [1.54, 1.807) is 18.6 Å². The highest BCUT2D eigenvalue weighted by molar-refractivity contribution is 8.38. The Morgan fingerprint density at radius 3 is 2.83 bits per heavy atom. The van der Waals surface area contributed by atoms with E-state index in [1.807, 2.05) is 22.9 Å².